The first-order chi connectivity index (χ1) is 1.41. The van der Waals surface area contributed by atoms with Gasteiger partial charge in [0.25, 0.3) is 0 Å². The summed E-state index contributed by atoms with van der Waals surface area (Å²) in [5, 5.41) is 7.57. The Hall–Kier alpha value is 1.34. The Balaban J connectivity index is -0.00000000200. The molecule has 0 aromatic carbocycles. The fourth-order valence-corrected chi connectivity index (χ4v) is 0. The lowest BCUT2D eigenvalue weighted by Crippen LogP contribution is -1.57. The number of hydrogen-bond donors (Lipinski definition) is 1. The third kappa shape index (κ3) is 165. The van der Waals surface area contributed by atoms with Crippen molar-refractivity contribution >= 4 is 60.6 Å². The molecule has 1 nitrogen and oxygen atoms in total. The summed E-state index contributed by atoms with van der Waals surface area (Å²) in [6, 6.07) is 0. The van der Waals surface area contributed by atoms with E-state index in [4.69, 9.17) is 5.11 Å². The fourth-order valence-electron chi connectivity index (χ4n) is 0. The van der Waals surface area contributed by atoms with Crippen LogP contribution in [0.5, 0.6) is 0 Å². The maximum absolute atomic E-state index is 7.57. The van der Waals surface area contributed by atoms with Crippen molar-refractivity contribution in [1.82, 2.24) is 0 Å². The number of rotatable bonds is 0. The van der Waals surface area contributed by atoms with Crippen LogP contribution in [0.25, 0.3) is 0 Å². The number of aliphatic hydroxyl groups excluding tert-OH is 1. The van der Waals surface area contributed by atoms with E-state index in [0.29, 0.717) is 0 Å². The second-order valence-electron chi connectivity index (χ2n) is 0.316. The second-order valence-corrected chi connectivity index (χ2v) is 0.316. The van der Waals surface area contributed by atoms with E-state index in [2.05, 4.69) is 0 Å². The molecule has 0 rings (SSSR count). The topological polar surface area (TPSA) is 20.2 Å². The average Bonchev–Trinajstić information content (AvgIpc) is 0.918. The second kappa shape index (κ2) is 82.2. The van der Waals surface area contributed by atoms with E-state index in [9.17, 15) is 0 Å². The zero-order valence-corrected chi connectivity index (χ0v) is 7.05. The molecule has 0 unspecified atom stereocenters. The van der Waals surface area contributed by atoms with Crippen molar-refractivity contribution in [1.29, 1.82) is 0 Å². The van der Waals surface area contributed by atoms with E-state index in [-0.39, 0.29) is 67.2 Å². The molecule has 6 heteroatoms. The SMILES string of the molecule is CCO.Cl.Cl.Cl.Cl.[SiH4]. The molecule has 0 spiro atoms. The summed E-state index contributed by atoms with van der Waals surface area (Å²) in [4.78, 5) is 0. The Morgan fingerprint density at radius 3 is 1.00 bits per heavy atom. The molecule has 0 aliphatic heterocycles. The molecule has 0 bridgehead atoms. The van der Waals surface area contributed by atoms with Crippen molar-refractivity contribution in [3.8, 4) is 0 Å². The first kappa shape index (κ1) is 58.3. The molecule has 0 heterocycles. The van der Waals surface area contributed by atoms with Gasteiger partial charge >= 0.3 is 0 Å². The van der Waals surface area contributed by atoms with E-state index >= 15 is 0 Å². The average molecular weight is 224 g/mol. The molecule has 0 amide bonds. The maximum atomic E-state index is 7.57. The molecule has 0 aromatic heterocycles. The normalized spacial score (nSPS) is 2.25. The van der Waals surface area contributed by atoms with Gasteiger partial charge < -0.3 is 5.11 Å². The van der Waals surface area contributed by atoms with Crippen molar-refractivity contribution in [2.75, 3.05) is 6.61 Å². The van der Waals surface area contributed by atoms with Crippen LogP contribution in [0.15, 0.2) is 0 Å². The Labute approximate surface area is 79.3 Å². The van der Waals surface area contributed by atoms with Gasteiger partial charge in [-0.1, -0.05) is 0 Å². The number of halogens is 4. The van der Waals surface area contributed by atoms with Crippen molar-refractivity contribution in [2.24, 2.45) is 0 Å². The van der Waals surface area contributed by atoms with Crippen LogP contribution in [-0.4, -0.2) is 22.7 Å². The van der Waals surface area contributed by atoms with Gasteiger partial charge in [0, 0.05) is 6.61 Å². The quantitative estimate of drug-likeness (QED) is 0.584. The summed E-state index contributed by atoms with van der Waals surface area (Å²) in [6.45, 7) is 1.93. The first-order valence-corrected chi connectivity index (χ1v) is 1.02. The molecule has 0 radical (unpaired) electrons. The van der Waals surface area contributed by atoms with Crippen LogP contribution in [0.2, 0.25) is 0 Å². The van der Waals surface area contributed by atoms with Crippen molar-refractivity contribution in [2.45, 2.75) is 6.92 Å². The van der Waals surface area contributed by atoms with Crippen LogP contribution >= 0.6 is 49.6 Å². The zero-order valence-electron chi connectivity index (χ0n) is 3.79. The molecule has 0 aromatic rings. The van der Waals surface area contributed by atoms with Gasteiger partial charge in [-0.3, -0.25) is 0 Å². The van der Waals surface area contributed by atoms with Crippen LogP contribution in [-0.2, 0) is 0 Å². The van der Waals surface area contributed by atoms with Crippen molar-refractivity contribution in [3.63, 3.8) is 0 Å². The summed E-state index contributed by atoms with van der Waals surface area (Å²) in [7, 11) is 0. The molecular weight excluding hydrogens is 210 g/mol. The Morgan fingerprint density at radius 1 is 1.00 bits per heavy atom. The van der Waals surface area contributed by atoms with Crippen LogP contribution in [0.1, 0.15) is 6.92 Å². The van der Waals surface area contributed by atoms with Gasteiger partial charge in [-0.25, -0.2) is 0 Å². The smallest absolute Gasteiger partial charge is 0.0402 e. The summed E-state index contributed by atoms with van der Waals surface area (Å²) in [6.07, 6.45) is 0. The summed E-state index contributed by atoms with van der Waals surface area (Å²) < 4.78 is 0. The molecule has 8 heavy (non-hydrogen) atoms. The minimum absolute atomic E-state index is 0. The van der Waals surface area contributed by atoms with Crippen molar-refractivity contribution < 1.29 is 5.11 Å². The lowest BCUT2D eigenvalue weighted by molar-refractivity contribution is 0.318. The maximum Gasteiger partial charge on any atom is 0.0402 e. The zero-order chi connectivity index (χ0) is 2.71. The van der Waals surface area contributed by atoms with Gasteiger partial charge in [0.15, 0.2) is 0 Å². The molecule has 0 saturated heterocycles. The Morgan fingerprint density at radius 2 is 1.00 bits per heavy atom. The highest BCUT2D eigenvalue weighted by Crippen LogP contribution is 1.30. The number of hydrogen-bond acceptors (Lipinski definition) is 1. The van der Waals surface area contributed by atoms with Gasteiger partial charge in [-0.05, 0) is 17.9 Å². The highest BCUT2D eigenvalue weighted by Gasteiger charge is 1.34. The van der Waals surface area contributed by atoms with E-state index in [1.165, 1.54) is 0 Å². The molecule has 1 N–H and O–H groups in total. The molecule has 0 aliphatic rings. The standard InChI is InChI=1S/C2H6O.4ClH.H4Si/c1-2-3;;;;;/h3H,2H2,1H3;4*1H;1H4. The molecule has 0 atom stereocenters. The van der Waals surface area contributed by atoms with Gasteiger partial charge in [-0.15, -0.1) is 49.6 Å². The third-order valence-electron chi connectivity index (χ3n) is 0. The highest BCUT2D eigenvalue weighted by atomic mass is 35.5. The van der Waals surface area contributed by atoms with Crippen LogP contribution in [0, 0.1) is 0 Å². The van der Waals surface area contributed by atoms with E-state index in [1.807, 2.05) is 0 Å². The molecule has 0 fully saturated rings. The largest absolute Gasteiger partial charge is 0.397 e. The Kier molecular flexibility index (Phi) is 599. The summed E-state index contributed by atoms with van der Waals surface area (Å²) >= 11 is 0. The third-order valence-corrected chi connectivity index (χ3v) is 0. The summed E-state index contributed by atoms with van der Waals surface area (Å²) in [5.74, 6) is 0. The highest BCUT2D eigenvalue weighted by molar-refractivity contribution is 5.86. The monoisotopic (exact) mass is 222 g/mol. The van der Waals surface area contributed by atoms with E-state index in [0.717, 1.165) is 0 Å². The lowest BCUT2D eigenvalue weighted by atomic mass is 10.9. The molecular formula is C2H14Cl4OSi. The first-order valence-electron chi connectivity index (χ1n) is 1.02. The predicted molar refractivity (Wildman–Crippen MR) is 53.1 cm³/mol. The van der Waals surface area contributed by atoms with Gasteiger partial charge in [-0.2, -0.15) is 0 Å². The Bertz CT molecular complexity index is 14.0. The molecule has 0 saturated carbocycles. The minimum atomic E-state index is 0. The van der Waals surface area contributed by atoms with E-state index in [1.54, 1.807) is 6.92 Å². The number of aliphatic hydroxyl groups is 1. The van der Waals surface area contributed by atoms with Crippen LogP contribution in [0.4, 0.5) is 0 Å². The summed E-state index contributed by atoms with van der Waals surface area (Å²) in [5.41, 5.74) is 0. The van der Waals surface area contributed by atoms with E-state index < -0.39 is 0 Å². The molecule has 0 aliphatic carbocycles. The fraction of sp³-hybridized carbons (Fsp3) is 1.00. The lowest BCUT2D eigenvalue weighted by Gasteiger charge is -1.52. The van der Waals surface area contributed by atoms with Gasteiger partial charge in [0.1, 0.15) is 0 Å². The minimum Gasteiger partial charge on any atom is -0.397 e. The predicted octanol–water partition coefficient (Wildman–Crippen LogP) is 0.234. The van der Waals surface area contributed by atoms with Crippen LogP contribution in [0.3, 0.4) is 0 Å². The van der Waals surface area contributed by atoms with Gasteiger partial charge in [0.05, 0.1) is 0 Å². The van der Waals surface area contributed by atoms with Gasteiger partial charge in [0.2, 0.25) is 0 Å². The molecule has 60 valence electrons. The van der Waals surface area contributed by atoms with Crippen LogP contribution < -0.4 is 0 Å². The van der Waals surface area contributed by atoms with Crippen molar-refractivity contribution in [3.05, 3.63) is 0 Å².